The Morgan fingerprint density at radius 1 is 1.63 bits per heavy atom. The van der Waals surface area contributed by atoms with E-state index in [9.17, 15) is 9.59 Å². The molecule has 1 aliphatic rings. The van der Waals surface area contributed by atoms with Gasteiger partial charge in [0.2, 0.25) is 11.8 Å². The van der Waals surface area contributed by atoms with Crippen molar-refractivity contribution in [2.75, 3.05) is 19.6 Å². The third-order valence-electron chi connectivity index (χ3n) is 3.31. The molecule has 0 saturated carbocycles. The summed E-state index contributed by atoms with van der Waals surface area (Å²) in [5.41, 5.74) is 1.01. The van der Waals surface area contributed by atoms with Crippen LogP contribution in [0.3, 0.4) is 0 Å². The lowest BCUT2D eigenvalue weighted by Gasteiger charge is -2.13. The molecular formula is C13H19N3O2S. The third kappa shape index (κ3) is 3.53. The van der Waals surface area contributed by atoms with Crippen LogP contribution in [0.5, 0.6) is 0 Å². The molecule has 6 heteroatoms. The van der Waals surface area contributed by atoms with Gasteiger partial charge in [0.25, 0.3) is 0 Å². The molecule has 0 aromatic carbocycles. The summed E-state index contributed by atoms with van der Waals surface area (Å²) in [6.07, 6.45) is 1.09. The summed E-state index contributed by atoms with van der Waals surface area (Å²) in [6.45, 7) is 5.72. The number of nitrogens with zero attached hydrogens (tertiary/aromatic N) is 2. The molecule has 2 rings (SSSR count). The van der Waals surface area contributed by atoms with Gasteiger partial charge >= 0.3 is 0 Å². The highest BCUT2D eigenvalue weighted by molar-refractivity contribution is 7.09. The van der Waals surface area contributed by atoms with Crippen molar-refractivity contribution in [2.45, 2.75) is 26.7 Å². The van der Waals surface area contributed by atoms with Crippen molar-refractivity contribution >= 4 is 23.2 Å². The first-order valence-electron chi connectivity index (χ1n) is 6.56. The summed E-state index contributed by atoms with van der Waals surface area (Å²) in [7, 11) is 0. The SMILES string of the molecule is CCN1C[C@H](C(=O)NCCc2csc(C)n2)CC1=O. The number of carbonyl (C=O) groups is 2. The van der Waals surface area contributed by atoms with E-state index in [1.54, 1.807) is 16.2 Å². The molecule has 0 bridgehead atoms. The molecular weight excluding hydrogens is 262 g/mol. The van der Waals surface area contributed by atoms with E-state index >= 15 is 0 Å². The van der Waals surface area contributed by atoms with Gasteiger partial charge in [-0.3, -0.25) is 9.59 Å². The molecule has 1 aromatic rings. The van der Waals surface area contributed by atoms with E-state index < -0.39 is 0 Å². The Morgan fingerprint density at radius 3 is 3.00 bits per heavy atom. The van der Waals surface area contributed by atoms with E-state index in [1.807, 2.05) is 19.2 Å². The highest BCUT2D eigenvalue weighted by atomic mass is 32.1. The van der Waals surface area contributed by atoms with Crippen LogP contribution in [-0.4, -0.2) is 41.3 Å². The molecule has 1 fully saturated rings. The van der Waals surface area contributed by atoms with E-state index in [0.717, 1.165) is 17.1 Å². The molecule has 1 saturated heterocycles. The molecule has 2 heterocycles. The van der Waals surface area contributed by atoms with Crippen LogP contribution < -0.4 is 5.32 Å². The maximum Gasteiger partial charge on any atom is 0.225 e. The van der Waals surface area contributed by atoms with Crippen LogP contribution in [0.25, 0.3) is 0 Å². The van der Waals surface area contributed by atoms with Crippen molar-refractivity contribution in [3.8, 4) is 0 Å². The maximum atomic E-state index is 11.9. The van der Waals surface area contributed by atoms with Gasteiger partial charge in [0.05, 0.1) is 16.6 Å². The second-order valence-corrected chi connectivity index (χ2v) is 5.79. The molecule has 5 nitrogen and oxygen atoms in total. The summed E-state index contributed by atoms with van der Waals surface area (Å²) in [4.78, 5) is 29.6. The normalized spacial score (nSPS) is 18.9. The number of likely N-dealkylation sites (tertiary alicyclic amines) is 1. The largest absolute Gasteiger partial charge is 0.355 e. The van der Waals surface area contributed by atoms with Crippen LogP contribution >= 0.6 is 11.3 Å². The first-order chi connectivity index (χ1) is 9.10. The smallest absolute Gasteiger partial charge is 0.225 e. The Balaban J connectivity index is 1.74. The minimum Gasteiger partial charge on any atom is -0.355 e. The zero-order valence-corrected chi connectivity index (χ0v) is 12.1. The van der Waals surface area contributed by atoms with E-state index in [1.165, 1.54) is 0 Å². The molecule has 19 heavy (non-hydrogen) atoms. The Labute approximate surface area is 117 Å². The number of carbonyl (C=O) groups excluding carboxylic acids is 2. The fraction of sp³-hybridized carbons (Fsp3) is 0.615. The van der Waals surface area contributed by atoms with Crippen LogP contribution in [0.15, 0.2) is 5.38 Å². The quantitative estimate of drug-likeness (QED) is 0.875. The van der Waals surface area contributed by atoms with Gasteiger partial charge in [0.15, 0.2) is 0 Å². The Kier molecular flexibility index (Phi) is 4.52. The van der Waals surface area contributed by atoms with Gasteiger partial charge in [-0.05, 0) is 13.8 Å². The van der Waals surface area contributed by atoms with Crippen molar-refractivity contribution in [1.82, 2.24) is 15.2 Å². The van der Waals surface area contributed by atoms with Gasteiger partial charge in [-0.1, -0.05) is 0 Å². The van der Waals surface area contributed by atoms with Gasteiger partial charge in [-0.25, -0.2) is 4.98 Å². The third-order valence-corrected chi connectivity index (χ3v) is 4.14. The number of rotatable bonds is 5. The zero-order valence-electron chi connectivity index (χ0n) is 11.3. The summed E-state index contributed by atoms with van der Waals surface area (Å²) < 4.78 is 0. The van der Waals surface area contributed by atoms with Crippen molar-refractivity contribution in [3.63, 3.8) is 0 Å². The average molecular weight is 281 g/mol. The molecule has 1 N–H and O–H groups in total. The highest BCUT2D eigenvalue weighted by Crippen LogP contribution is 2.17. The van der Waals surface area contributed by atoms with E-state index in [2.05, 4.69) is 10.3 Å². The lowest BCUT2D eigenvalue weighted by Crippen LogP contribution is -2.34. The summed E-state index contributed by atoms with van der Waals surface area (Å²) in [6, 6.07) is 0. The summed E-state index contributed by atoms with van der Waals surface area (Å²) in [5.74, 6) is -0.126. The first-order valence-corrected chi connectivity index (χ1v) is 7.44. The minimum atomic E-state index is -0.190. The van der Waals surface area contributed by atoms with Crippen LogP contribution in [0.2, 0.25) is 0 Å². The van der Waals surface area contributed by atoms with Crippen molar-refractivity contribution in [3.05, 3.63) is 16.1 Å². The van der Waals surface area contributed by atoms with Gasteiger partial charge in [-0.2, -0.15) is 0 Å². The second-order valence-electron chi connectivity index (χ2n) is 4.73. The number of aryl methyl sites for hydroxylation is 1. The van der Waals surface area contributed by atoms with Crippen LogP contribution in [0.1, 0.15) is 24.0 Å². The fourth-order valence-electron chi connectivity index (χ4n) is 2.23. The van der Waals surface area contributed by atoms with Crippen molar-refractivity contribution in [1.29, 1.82) is 0 Å². The average Bonchev–Trinajstić information content (AvgIpc) is 2.95. The fourth-order valence-corrected chi connectivity index (χ4v) is 2.88. The maximum absolute atomic E-state index is 11.9. The number of aromatic nitrogens is 1. The number of thiazole rings is 1. The van der Waals surface area contributed by atoms with Crippen LogP contribution in [-0.2, 0) is 16.0 Å². The molecule has 1 atom stereocenters. The van der Waals surface area contributed by atoms with E-state index in [4.69, 9.17) is 0 Å². The Morgan fingerprint density at radius 2 is 2.42 bits per heavy atom. The van der Waals surface area contributed by atoms with Crippen molar-refractivity contribution < 1.29 is 9.59 Å². The minimum absolute atomic E-state index is 0.0174. The highest BCUT2D eigenvalue weighted by Gasteiger charge is 2.32. The van der Waals surface area contributed by atoms with Gasteiger partial charge in [0, 0.05) is 37.9 Å². The number of nitrogens with one attached hydrogen (secondary N) is 1. The molecule has 1 aromatic heterocycles. The molecule has 104 valence electrons. The number of hydrogen-bond donors (Lipinski definition) is 1. The topological polar surface area (TPSA) is 62.3 Å². The summed E-state index contributed by atoms with van der Waals surface area (Å²) >= 11 is 1.62. The van der Waals surface area contributed by atoms with Gasteiger partial charge in [0.1, 0.15) is 0 Å². The van der Waals surface area contributed by atoms with E-state index in [0.29, 0.717) is 26.1 Å². The predicted molar refractivity (Wildman–Crippen MR) is 73.9 cm³/mol. The number of amides is 2. The van der Waals surface area contributed by atoms with E-state index in [-0.39, 0.29) is 17.7 Å². The molecule has 0 aliphatic carbocycles. The monoisotopic (exact) mass is 281 g/mol. The molecule has 0 spiro atoms. The second kappa shape index (κ2) is 6.14. The summed E-state index contributed by atoms with van der Waals surface area (Å²) in [5, 5.41) is 5.95. The Bertz CT molecular complexity index is 472. The number of hydrogen-bond acceptors (Lipinski definition) is 4. The molecule has 0 radical (unpaired) electrons. The van der Waals surface area contributed by atoms with Crippen LogP contribution in [0.4, 0.5) is 0 Å². The van der Waals surface area contributed by atoms with Gasteiger partial charge < -0.3 is 10.2 Å². The Hall–Kier alpha value is -1.43. The predicted octanol–water partition coefficient (Wildman–Crippen LogP) is 0.979. The molecule has 2 amide bonds. The molecule has 0 unspecified atom stereocenters. The lowest BCUT2D eigenvalue weighted by molar-refractivity contribution is -0.128. The molecule has 1 aliphatic heterocycles. The lowest BCUT2D eigenvalue weighted by atomic mass is 10.1. The van der Waals surface area contributed by atoms with Gasteiger partial charge in [-0.15, -0.1) is 11.3 Å². The zero-order chi connectivity index (χ0) is 13.8. The van der Waals surface area contributed by atoms with Crippen LogP contribution in [0, 0.1) is 12.8 Å². The first kappa shape index (κ1) is 14.0. The standard InChI is InChI=1S/C13H19N3O2S/c1-3-16-7-10(6-12(16)17)13(18)14-5-4-11-8-19-9(2)15-11/h8,10H,3-7H2,1-2H3,(H,14,18)/t10-/m1/s1. The van der Waals surface area contributed by atoms with Crippen molar-refractivity contribution in [2.24, 2.45) is 5.92 Å².